The van der Waals surface area contributed by atoms with Crippen LogP contribution in [-0.4, -0.2) is 34.7 Å². The molecule has 1 aliphatic heterocycles. The summed E-state index contributed by atoms with van der Waals surface area (Å²) in [4.78, 5) is 2.61. The van der Waals surface area contributed by atoms with Crippen LogP contribution in [-0.2, 0) is 0 Å². The number of aromatic nitrogens is 2. The Kier molecular flexibility index (Phi) is 5.74. The van der Waals surface area contributed by atoms with Crippen LogP contribution in [0, 0.1) is 12.8 Å². The van der Waals surface area contributed by atoms with Gasteiger partial charge in [-0.05, 0) is 69.3 Å². The average molecular weight is 289 g/mol. The molecule has 0 atom stereocenters. The van der Waals surface area contributed by atoms with Crippen LogP contribution < -0.4 is 0 Å². The first-order valence-electron chi connectivity index (χ1n) is 8.53. The summed E-state index contributed by atoms with van der Waals surface area (Å²) in [5.41, 5.74) is 3.66. The monoisotopic (exact) mass is 289 g/mol. The van der Waals surface area contributed by atoms with E-state index < -0.39 is 0 Å². The molecule has 0 aromatic carbocycles. The van der Waals surface area contributed by atoms with Gasteiger partial charge in [0.05, 0.1) is 11.4 Å². The first-order valence-corrected chi connectivity index (χ1v) is 8.53. The standard InChI is InChI=1S/C18H31N3/c1-13(2)6-9-21-10-7-16(8-11-21)17-12-15(5)18(14(3)4)20-19-17/h12-14,16H,6-11H2,1-5H3. The zero-order chi connectivity index (χ0) is 15.4. The van der Waals surface area contributed by atoms with Gasteiger partial charge in [0.1, 0.15) is 0 Å². The van der Waals surface area contributed by atoms with E-state index in [0.29, 0.717) is 11.8 Å². The molecule has 1 aromatic rings. The summed E-state index contributed by atoms with van der Waals surface area (Å²) in [7, 11) is 0. The molecule has 3 nitrogen and oxygen atoms in total. The van der Waals surface area contributed by atoms with Gasteiger partial charge < -0.3 is 4.90 Å². The number of hydrogen-bond donors (Lipinski definition) is 0. The van der Waals surface area contributed by atoms with Gasteiger partial charge in [-0.1, -0.05) is 27.7 Å². The van der Waals surface area contributed by atoms with E-state index >= 15 is 0 Å². The van der Waals surface area contributed by atoms with Crippen LogP contribution in [0.2, 0.25) is 0 Å². The summed E-state index contributed by atoms with van der Waals surface area (Å²) < 4.78 is 0. The van der Waals surface area contributed by atoms with Gasteiger partial charge in [0, 0.05) is 5.92 Å². The summed E-state index contributed by atoms with van der Waals surface area (Å²) in [5.74, 6) is 1.87. The van der Waals surface area contributed by atoms with Crippen molar-refractivity contribution in [3.05, 3.63) is 23.0 Å². The summed E-state index contributed by atoms with van der Waals surface area (Å²) in [6.07, 6.45) is 3.77. The Balaban J connectivity index is 1.91. The molecule has 0 N–H and O–H groups in total. The summed E-state index contributed by atoms with van der Waals surface area (Å²) in [6, 6.07) is 2.27. The van der Waals surface area contributed by atoms with E-state index in [1.807, 2.05) is 0 Å². The molecule has 3 heteroatoms. The molecule has 21 heavy (non-hydrogen) atoms. The Bertz CT molecular complexity index is 446. The molecule has 118 valence electrons. The van der Waals surface area contributed by atoms with E-state index in [-0.39, 0.29) is 0 Å². The third-order valence-electron chi connectivity index (χ3n) is 4.62. The Labute approximate surface area is 130 Å². The summed E-state index contributed by atoms with van der Waals surface area (Å²) in [6.45, 7) is 14.8. The first-order chi connectivity index (χ1) is 9.97. The van der Waals surface area contributed by atoms with Crippen LogP contribution >= 0.6 is 0 Å². The van der Waals surface area contributed by atoms with Gasteiger partial charge in [0.2, 0.25) is 0 Å². The largest absolute Gasteiger partial charge is 0.303 e. The van der Waals surface area contributed by atoms with E-state index in [2.05, 4.69) is 55.8 Å². The number of likely N-dealkylation sites (tertiary alicyclic amines) is 1. The van der Waals surface area contributed by atoms with Crippen LogP contribution in [0.3, 0.4) is 0 Å². The maximum absolute atomic E-state index is 4.52. The highest BCUT2D eigenvalue weighted by Crippen LogP contribution is 2.28. The minimum atomic E-state index is 0.462. The second-order valence-electron chi connectivity index (χ2n) is 7.29. The van der Waals surface area contributed by atoms with Gasteiger partial charge in [-0.3, -0.25) is 0 Å². The predicted molar refractivity (Wildman–Crippen MR) is 88.7 cm³/mol. The lowest BCUT2D eigenvalue weighted by Crippen LogP contribution is -2.34. The first kappa shape index (κ1) is 16.4. The third kappa shape index (κ3) is 4.50. The highest BCUT2D eigenvalue weighted by Gasteiger charge is 2.22. The summed E-state index contributed by atoms with van der Waals surface area (Å²) in [5, 5.41) is 8.98. The lowest BCUT2D eigenvalue weighted by atomic mass is 9.91. The second kappa shape index (κ2) is 7.35. The van der Waals surface area contributed by atoms with Crippen molar-refractivity contribution in [1.82, 2.24) is 15.1 Å². The van der Waals surface area contributed by atoms with Crippen molar-refractivity contribution in [2.45, 2.75) is 65.7 Å². The van der Waals surface area contributed by atoms with Gasteiger partial charge in [-0.2, -0.15) is 10.2 Å². The molecule has 0 aliphatic carbocycles. The maximum Gasteiger partial charge on any atom is 0.0685 e. The van der Waals surface area contributed by atoms with Crippen molar-refractivity contribution < 1.29 is 0 Å². The Hall–Kier alpha value is -0.960. The van der Waals surface area contributed by atoms with Gasteiger partial charge in [0.15, 0.2) is 0 Å². The van der Waals surface area contributed by atoms with Crippen molar-refractivity contribution in [2.24, 2.45) is 5.92 Å². The van der Waals surface area contributed by atoms with Crippen molar-refractivity contribution in [2.75, 3.05) is 19.6 Å². The Morgan fingerprint density at radius 3 is 2.33 bits per heavy atom. The van der Waals surface area contributed by atoms with Gasteiger partial charge in [0.25, 0.3) is 0 Å². The maximum atomic E-state index is 4.52. The molecular weight excluding hydrogens is 258 g/mol. The molecular formula is C18H31N3. The van der Waals surface area contributed by atoms with E-state index in [0.717, 1.165) is 11.6 Å². The number of piperidine rings is 1. The molecule has 1 fully saturated rings. The minimum absolute atomic E-state index is 0.462. The van der Waals surface area contributed by atoms with E-state index in [4.69, 9.17) is 0 Å². The molecule has 1 aliphatic rings. The molecule has 0 unspecified atom stereocenters. The minimum Gasteiger partial charge on any atom is -0.303 e. The Morgan fingerprint density at radius 1 is 1.14 bits per heavy atom. The Morgan fingerprint density at radius 2 is 1.81 bits per heavy atom. The van der Waals surface area contributed by atoms with Crippen LogP contribution in [0.5, 0.6) is 0 Å². The SMILES string of the molecule is Cc1cc(C2CCN(CCC(C)C)CC2)nnc1C(C)C. The normalized spacial score (nSPS) is 17.9. The van der Waals surface area contributed by atoms with Crippen molar-refractivity contribution >= 4 is 0 Å². The molecule has 2 rings (SSSR count). The smallest absolute Gasteiger partial charge is 0.0685 e. The molecule has 0 amide bonds. The summed E-state index contributed by atoms with van der Waals surface area (Å²) >= 11 is 0. The van der Waals surface area contributed by atoms with Crippen molar-refractivity contribution in [3.63, 3.8) is 0 Å². The highest BCUT2D eigenvalue weighted by atomic mass is 15.1. The van der Waals surface area contributed by atoms with E-state index in [1.165, 1.54) is 50.2 Å². The quantitative estimate of drug-likeness (QED) is 0.816. The van der Waals surface area contributed by atoms with E-state index in [9.17, 15) is 0 Å². The molecule has 0 saturated carbocycles. The predicted octanol–water partition coefficient (Wildman–Crippen LogP) is 4.13. The molecule has 2 heterocycles. The number of aryl methyl sites for hydroxylation is 1. The lowest BCUT2D eigenvalue weighted by molar-refractivity contribution is 0.200. The lowest BCUT2D eigenvalue weighted by Gasteiger charge is -2.32. The van der Waals surface area contributed by atoms with Gasteiger partial charge in [-0.25, -0.2) is 0 Å². The third-order valence-corrected chi connectivity index (χ3v) is 4.62. The zero-order valence-corrected chi connectivity index (χ0v) is 14.4. The fourth-order valence-electron chi connectivity index (χ4n) is 3.18. The topological polar surface area (TPSA) is 29.0 Å². The van der Waals surface area contributed by atoms with Gasteiger partial charge in [-0.15, -0.1) is 0 Å². The number of rotatable bonds is 5. The van der Waals surface area contributed by atoms with Crippen LogP contribution in [0.4, 0.5) is 0 Å². The molecule has 0 spiro atoms. The van der Waals surface area contributed by atoms with Crippen LogP contribution in [0.15, 0.2) is 6.07 Å². The molecule has 0 bridgehead atoms. The number of hydrogen-bond acceptors (Lipinski definition) is 3. The molecule has 1 saturated heterocycles. The van der Waals surface area contributed by atoms with E-state index in [1.54, 1.807) is 0 Å². The molecule has 1 aromatic heterocycles. The van der Waals surface area contributed by atoms with Crippen LogP contribution in [0.25, 0.3) is 0 Å². The highest BCUT2D eigenvalue weighted by molar-refractivity contribution is 5.24. The van der Waals surface area contributed by atoms with Crippen molar-refractivity contribution in [1.29, 1.82) is 0 Å². The van der Waals surface area contributed by atoms with Gasteiger partial charge >= 0.3 is 0 Å². The molecule has 0 radical (unpaired) electrons. The van der Waals surface area contributed by atoms with Crippen molar-refractivity contribution in [3.8, 4) is 0 Å². The number of nitrogens with zero attached hydrogens (tertiary/aromatic N) is 3. The fraction of sp³-hybridized carbons (Fsp3) is 0.778. The zero-order valence-electron chi connectivity index (χ0n) is 14.4. The van der Waals surface area contributed by atoms with Crippen LogP contribution in [0.1, 0.15) is 75.7 Å². The average Bonchev–Trinajstić information content (AvgIpc) is 2.45. The second-order valence-corrected chi connectivity index (χ2v) is 7.29. The fourth-order valence-corrected chi connectivity index (χ4v) is 3.18.